The molecule has 4 nitrogen and oxygen atoms in total. The number of fused-ring (bicyclic) bond motifs is 1. The summed E-state index contributed by atoms with van der Waals surface area (Å²) in [5, 5.41) is 3.82. The van der Waals surface area contributed by atoms with Crippen LogP contribution in [0.2, 0.25) is 0 Å². The summed E-state index contributed by atoms with van der Waals surface area (Å²) in [6.07, 6.45) is 0.257. The van der Waals surface area contributed by atoms with Crippen molar-refractivity contribution in [3.05, 3.63) is 24.3 Å². The topological polar surface area (TPSA) is 47.6 Å². The summed E-state index contributed by atoms with van der Waals surface area (Å²) >= 11 is 3.39. The van der Waals surface area contributed by atoms with Crippen molar-refractivity contribution in [1.82, 2.24) is 5.32 Å². The maximum absolute atomic E-state index is 12.2. The Morgan fingerprint density at radius 3 is 2.79 bits per heavy atom. The van der Waals surface area contributed by atoms with Crippen molar-refractivity contribution in [1.29, 1.82) is 0 Å². The lowest BCUT2D eigenvalue weighted by Crippen LogP contribution is -2.52. The summed E-state index contributed by atoms with van der Waals surface area (Å²) in [6, 6.07) is 7.37. The van der Waals surface area contributed by atoms with E-state index in [-0.39, 0.29) is 18.1 Å². The number of ether oxygens (including phenoxy) is 2. The van der Waals surface area contributed by atoms with Crippen molar-refractivity contribution >= 4 is 21.8 Å². The van der Waals surface area contributed by atoms with Crippen LogP contribution in [-0.2, 0) is 4.79 Å². The second-order valence-electron chi connectivity index (χ2n) is 5.18. The van der Waals surface area contributed by atoms with E-state index < -0.39 is 6.10 Å². The molecular formula is C14H18BrNO3. The summed E-state index contributed by atoms with van der Waals surface area (Å²) in [7, 11) is 0. The Morgan fingerprint density at radius 1 is 1.42 bits per heavy atom. The van der Waals surface area contributed by atoms with Gasteiger partial charge in [0.05, 0.1) is 0 Å². The molecule has 0 spiro atoms. The maximum Gasteiger partial charge on any atom is 0.265 e. The third-order valence-electron chi connectivity index (χ3n) is 2.98. The Hall–Kier alpha value is -1.23. The van der Waals surface area contributed by atoms with Gasteiger partial charge in [-0.3, -0.25) is 4.79 Å². The molecule has 0 aromatic heterocycles. The van der Waals surface area contributed by atoms with Gasteiger partial charge in [-0.1, -0.05) is 28.1 Å². The second kappa shape index (κ2) is 5.82. The van der Waals surface area contributed by atoms with Gasteiger partial charge in [-0.15, -0.1) is 0 Å². The molecule has 0 bridgehead atoms. The van der Waals surface area contributed by atoms with Crippen LogP contribution in [0.4, 0.5) is 0 Å². The lowest BCUT2D eigenvalue weighted by Gasteiger charge is -2.30. The smallest absolute Gasteiger partial charge is 0.265 e. The first-order valence-corrected chi connectivity index (χ1v) is 7.40. The SMILES string of the molecule is CC(C)(CCBr)NC(=O)C1COc2ccccc2O1. The number of amides is 1. The van der Waals surface area contributed by atoms with E-state index in [1.807, 2.05) is 32.0 Å². The van der Waals surface area contributed by atoms with Crippen LogP contribution in [0.15, 0.2) is 24.3 Å². The summed E-state index contributed by atoms with van der Waals surface area (Å²) in [6.45, 7) is 4.22. The Balaban J connectivity index is 1.99. The lowest BCUT2D eigenvalue weighted by molar-refractivity contribution is -0.132. The first kappa shape index (κ1) is 14.2. The van der Waals surface area contributed by atoms with Crippen molar-refractivity contribution in [3.8, 4) is 11.5 Å². The predicted octanol–water partition coefficient (Wildman–Crippen LogP) is 2.51. The molecule has 1 amide bonds. The number of nitrogens with one attached hydrogen (secondary N) is 1. The Labute approximate surface area is 121 Å². The van der Waals surface area contributed by atoms with E-state index in [0.717, 1.165) is 11.8 Å². The largest absolute Gasteiger partial charge is 0.485 e. The molecule has 1 aliphatic heterocycles. The quantitative estimate of drug-likeness (QED) is 0.864. The number of alkyl halides is 1. The van der Waals surface area contributed by atoms with Crippen LogP contribution in [-0.4, -0.2) is 29.5 Å². The number of hydrogen-bond acceptors (Lipinski definition) is 3. The van der Waals surface area contributed by atoms with E-state index in [9.17, 15) is 4.79 Å². The number of halogens is 1. The van der Waals surface area contributed by atoms with Gasteiger partial charge in [-0.05, 0) is 32.4 Å². The maximum atomic E-state index is 12.2. The van der Waals surface area contributed by atoms with Crippen LogP contribution < -0.4 is 14.8 Å². The number of para-hydroxylation sites is 2. The average Bonchev–Trinajstić information content (AvgIpc) is 2.37. The van der Waals surface area contributed by atoms with Crippen LogP contribution in [0.3, 0.4) is 0 Å². The van der Waals surface area contributed by atoms with Crippen LogP contribution in [0, 0.1) is 0 Å². The number of rotatable bonds is 4. The molecule has 1 atom stereocenters. The first-order chi connectivity index (χ1) is 9.02. The summed E-state index contributed by atoms with van der Waals surface area (Å²) in [5.74, 6) is 1.17. The van der Waals surface area contributed by atoms with E-state index >= 15 is 0 Å². The van der Waals surface area contributed by atoms with Gasteiger partial charge in [0.15, 0.2) is 11.5 Å². The molecule has 1 unspecified atom stereocenters. The normalized spacial score (nSPS) is 17.9. The summed E-state index contributed by atoms with van der Waals surface area (Å²) < 4.78 is 11.2. The van der Waals surface area contributed by atoms with Crippen LogP contribution in [0.1, 0.15) is 20.3 Å². The zero-order valence-corrected chi connectivity index (χ0v) is 12.7. The predicted molar refractivity (Wildman–Crippen MR) is 77.0 cm³/mol. The minimum absolute atomic E-state index is 0.138. The standard InChI is InChI=1S/C14H18BrNO3/c1-14(2,7-8-15)16-13(17)12-9-18-10-5-3-4-6-11(10)19-12/h3-6,12H,7-9H2,1-2H3,(H,16,17). The van der Waals surface area contributed by atoms with Gasteiger partial charge in [0.25, 0.3) is 5.91 Å². The van der Waals surface area contributed by atoms with Gasteiger partial charge in [-0.2, -0.15) is 0 Å². The highest BCUT2D eigenvalue weighted by atomic mass is 79.9. The lowest BCUT2D eigenvalue weighted by atomic mass is 10.0. The van der Waals surface area contributed by atoms with Gasteiger partial charge in [0.2, 0.25) is 6.10 Å². The molecule has 2 rings (SSSR count). The molecule has 5 heteroatoms. The van der Waals surface area contributed by atoms with E-state index in [1.165, 1.54) is 0 Å². The van der Waals surface area contributed by atoms with Crippen molar-refractivity contribution in [2.24, 2.45) is 0 Å². The van der Waals surface area contributed by atoms with Gasteiger partial charge in [0, 0.05) is 10.9 Å². The summed E-state index contributed by atoms with van der Waals surface area (Å²) in [4.78, 5) is 12.2. The van der Waals surface area contributed by atoms with Gasteiger partial charge in [0.1, 0.15) is 6.61 Å². The minimum atomic E-state index is -0.593. The fourth-order valence-corrected chi connectivity index (χ4v) is 2.85. The minimum Gasteiger partial charge on any atom is -0.485 e. The molecule has 0 saturated heterocycles. The van der Waals surface area contributed by atoms with E-state index in [1.54, 1.807) is 6.07 Å². The summed E-state index contributed by atoms with van der Waals surface area (Å²) in [5.41, 5.74) is -0.263. The van der Waals surface area contributed by atoms with Gasteiger partial charge in [-0.25, -0.2) is 0 Å². The molecule has 0 aliphatic carbocycles. The number of carbonyl (C=O) groups excluding carboxylic acids is 1. The van der Waals surface area contributed by atoms with Gasteiger partial charge >= 0.3 is 0 Å². The molecular weight excluding hydrogens is 310 g/mol. The van der Waals surface area contributed by atoms with Crippen LogP contribution in [0.25, 0.3) is 0 Å². The second-order valence-corrected chi connectivity index (χ2v) is 5.97. The van der Waals surface area contributed by atoms with Crippen LogP contribution in [0.5, 0.6) is 11.5 Å². The Bertz CT molecular complexity index is 462. The van der Waals surface area contributed by atoms with Crippen molar-refractivity contribution in [3.63, 3.8) is 0 Å². The van der Waals surface area contributed by atoms with E-state index in [2.05, 4.69) is 21.2 Å². The fourth-order valence-electron chi connectivity index (χ4n) is 1.86. The van der Waals surface area contributed by atoms with Crippen LogP contribution >= 0.6 is 15.9 Å². The van der Waals surface area contributed by atoms with Crippen molar-refractivity contribution in [2.75, 3.05) is 11.9 Å². The zero-order chi connectivity index (χ0) is 13.9. The molecule has 1 aliphatic rings. The highest BCUT2D eigenvalue weighted by Gasteiger charge is 2.30. The van der Waals surface area contributed by atoms with Gasteiger partial charge < -0.3 is 14.8 Å². The third kappa shape index (κ3) is 3.62. The monoisotopic (exact) mass is 327 g/mol. The highest BCUT2D eigenvalue weighted by Crippen LogP contribution is 2.31. The molecule has 1 N–H and O–H groups in total. The number of benzene rings is 1. The molecule has 0 radical (unpaired) electrons. The molecule has 1 aromatic rings. The van der Waals surface area contributed by atoms with E-state index in [4.69, 9.17) is 9.47 Å². The molecule has 0 fully saturated rings. The molecule has 1 aromatic carbocycles. The Morgan fingerprint density at radius 2 is 2.11 bits per heavy atom. The highest BCUT2D eigenvalue weighted by molar-refractivity contribution is 9.09. The van der Waals surface area contributed by atoms with Crippen molar-refractivity contribution in [2.45, 2.75) is 31.9 Å². The average molecular weight is 328 g/mol. The van der Waals surface area contributed by atoms with E-state index in [0.29, 0.717) is 11.5 Å². The number of hydrogen-bond donors (Lipinski definition) is 1. The molecule has 19 heavy (non-hydrogen) atoms. The first-order valence-electron chi connectivity index (χ1n) is 6.28. The molecule has 0 saturated carbocycles. The Kier molecular flexibility index (Phi) is 4.34. The molecule has 1 heterocycles. The number of carbonyl (C=O) groups is 1. The third-order valence-corrected chi connectivity index (χ3v) is 3.38. The molecule has 104 valence electrons. The fraction of sp³-hybridized carbons (Fsp3) is 0.500. The van der Waals surface area contributed by atoms with Crippen molar-refractivity contribution < 1.29 is 14.3 Å². The zero-order valence-electron chi connectivity index (χ0n) is 11.1.